The highest BCUT2D eigenvalue weighted by atomic mass is 16.5. The lowest BCUT2D eigenvalue weighted by Gasteiger charge is -2.03. The zero-order valence-corrected chi connectivity index (χ0v) is 6.53. The summed E-state index contributed by atoms with van der Waals surface area (Å²) in [5.41, 5.74) is 2.41. The molecule has 0 atom stereocenters. The zero-order chi connectivity index (χ0) is 8.39. The Morgan fingerprint density at radius 1 is 1.50 bits per heavy atom. The van der Waals surface area contributed by atoms with Crippen molar-refractivity contribution in [3.63, 3.8) is 0 Å². The van der Waals surface area contributed by atoms with Gasteiger partial charge in [0.1, 0.15) is 6.10 Å². The molecular formula is C7H10N4O. The van der Waals surface area contributed by atoms with Gasteiger partial charge in [-0.2, -0.15) is 4.98 Å². The van der Waals surface area contributed by atoms with Crippen LogP contribution in [-0.2, 0) is 0 Å². The normalized spacial score (nSPS) is 15.8. The highest BCUT2D eigenvalue weighted by Gasteiger charge is 2.24. The molecule has 5 heteroatoms. The van der Waals surface area contributed by atoms with E-state index in [0.717, 1.165) is 12.8 Å². The quantitative estimate of drug-likeness (QED) is 0.499. The first kappa shape index (κ1) is 7.30. The van der Waals surface area contributed by atoms with Crippen molar-refractivity contribution >= 4 is 5.82 Å². The summed E-state index contributed by atoms with van der Waals surface area (Å²) >= 11 is 0. The molecule has 1 aromatic rings. The molecular weight excluding hydrogens is 156 g/mol. The predicted octanol–water partition coefficient (Wildman–Crippen LogP) is 0.303. The lowest BCUT2D eigenvalue weighted by atomic mass is 10.6. The number of hydrazine groups is 1. The molecule has 1 heterocycles. The summed E-state index contributed by atoms with van der Waals surface area (Å²) in [6.45, 7) is 0. The largest absolute Gasteiger partial charge is 0.473 e. The molecule has 0 unspecified atom stereocenters. The van der Waals surface area contributed by atoms with Crippen LogP contribution in [-0.4, -0.2) is 16.1 Å². The molecule has 12 heavy (non-hydrogen) atoms. The second-order valence-corrected chi connectivity index (χ2v) is 2.70. The maximum atomic E-state index is 5.40. The van der Waals surface area contributed by atoms with Gasteiger partial charge >= 0.3 is 0 Å². The summed E-state index contributed by atoms with van der Waals surface area (Å²) in [6.07, 6.45) is 5.69. The van der Waals surface area contributed by atoms with Crippen LogP contribution in [0.25, 0.3) is 0 Å². The van der Waals surface area contributed by atoms with Gasteiger partial charge in [0.2, 0.25) is 5.88 Å². The molecule has 2 rings (SSSR count). The number of nitrogens with zero attached hydrogens (tertiary/aromatic N) is 2. The van der Waals surface area contributed by atoms with Gasteiger partial charge in [0.25, 0.3) is 0 Å². The van der Waals surface area contributed by atoms with Gasteiger partial charge in [-0.3, -0.25) is 4.98 Å². The number of ether oxygens (including phenoxy) is 1. The smallest absolute Gasteiger partial charge is 0.234 e. The monoisotopic (exact) mass is 166 g/mol. The summed E-state index contributed by atoms with van der Waals surface area (Å²) in [5, 5.41) is 0. The third-order valence-corrected chi connectivity index (χ3v) is 1.57. The van der Waals surface area contributed by atoms with Crippen LogP contribution >= 0.6 is 0 Å². The molecule has 1 fully saturated rings. The SMILES string of the molecule is NNc1cncc(OC2CC2)n1. The maximum Gasteiger partial charge on any atom is 0.234 e. The first-order valence-electron chi connectivity index (χ1n) is 3.84. The van der Waals surface area contributed by atoms with Crippen molar-refractivity contribution in [2.45, 2.75) is 18.9 Å². The second-order valence-electron chi connectivity index (χ2n) is 2.70. The number of nitrogen functional groups attached to an aromatic ring is 1. The Balaban J connectivity index is 2.08. The second kappa shape index (κ2) is 2.94. The van der Waals surface area contributed by atoms with E-state index in [9.17, 15) is 0 Å². The van der Waals surface area contributed by atoms with Crippen molar-refractivity contribution in [3.05, 3.63) is 12.4 Å². The van der Waals surface area contributed by atoms with Crippen LogP contribution < -0.4 is 16.0 Å². The Kier molecular flexibility index (Phi) is 1.79. The molecule has 5 nitrogen and oxygen atoms in total. The molecule has 0 saturated heterocycles. The van der Waals surface area contributed by atoms with Crippen molar-refractivity contribution in [1.29, 1.82) is 0 Å². The fourth-order valence-electron chi connectivity index (χ4n) is 0.831. The Bertz CT molecular complexity index is 274. The number of rotatable bonds is 3. The molecule has 0 amide bonds. The molecule has 64 valence electrons. The van der Waals surface area contributed by atoms with E-state index in [-0.39, 0.29) is 0 Å². The highest BCUT2D eigenvalue weighted by Crippen LogP contribution is 2.25. The Hall–Kier alpha value is -1.36. The maximum absolute atomic E-state index is 5.40. The topological polar surface area (TPSA) is 73.1 Å². The van der Waals surface area contributed by atoms with Gasteiger partial charge in [0, 0.05) is 0 Å². The average Bonchev–Trinajstić information content (AvgIpc) is 2.89. The van der Waals surface area contributed by atoms with Gasteiger partial charge in [-0.1, -0.05) is 0 Å². The van der Waals surface area contributed by atoms with Gasteiger partial charge in [-0.25, -0.2) is 5.84 Å². The standard InChI is InChI=1S/C7H10N4O/c8-11-6-3-9-4-7(10-6)12-5-1-2-5/h3-5H,1-2,8H2,(H,10,11). The van der Waals surface area contributed by atoms with E-state index in [1.54, 1.807) is 12.4 Å². The molecule has 3 N–H and O–H groups in total. The van der Waals surface area contributed by atoms with Crippen LogP contribution in [0, 0.1) is 0 Å². The lowest BCUT2D eigenvalue weighted by Crippen LogP contribution is -2.09. The van der Waals surface area contributed by atoms with E-state index in [4.69, 9.17) is 10.6 Å². The lowest BCUT2D eigenvalue weighted by molar-refractivity contribution is 0.290. The Morgan fingerprint density at radius 2 is 2.33 bits per heavy atom. The third-order valence-electron chi connectivity index (χ3n) is 1.57. The average molecular weight is 166 g/mol. The molecule has 0 aliphatic heterocycles. The fourth-order valence-corrected chi connectivity index (χ4v) is 0.831. The summed E-state index contributed by atoms with van der Waals surface area (Å²) in [7, 11) is 0. The third kappa shape index (κ3) is 1.62. The molecule has 1 aromatic heterocycles. The van der Waals surface area contributed by atoms with Gasteiger partial charge in [-0.15, -0.1) is 0 Å². The minimum atomic E-state index is 0.340. The van der Waals surface area contributed by atoms with Crippen molar-refractivity contribution in [2.24, 2.45) is 5.84 Å². The highest BCUT2D eigenvalue weighted by molar-refractivity contribution is 5.31. The first-order chi connectivity index (χ1) is 5.88. The minimum absolute atomic E-state index is 0.340. The molecule has 1 aliphatic carbocycles. The first-order valence-corrected chi connectivity index (χ1v) is 3.84. The number of hydrogen-bond acceptors (Lipinski definition) is 5. The summed E-state index contributed by atoms with van der Waals surface area (Å²) in [4.78, 5) is 7.96. The van der Waals surface area contributed by atoms with E-state index in [1.807, 2.05) is 0 Å². The van der Waals surface area contributed by atoms with Gasteiger partial charge in [-0.05, 0) is 12.8 Å². The van der Waals surface area contributed by atoms with Crippen LogP contribution in [0.1, 0.15) is 12.8 Å². The molecule has 1 aliphatic rings. The molecule has 0 aromatic carbocycles. The van der Waals surface area contributed by atoms with Crippen molar-refractivity contribution in [2.75, 3.05) is 5.43 Å². The van der Waals surface area contributed by atoms with E-state index >= 15 is 0 Å². The minimum Gasteiger partial charge on any atom is -0.473 e. The molecule has 0 bridgehead atoms. The van der Waals surface area contributed by atoms with E-state index in [1.165, 1.54) is 0 Å². The summed E-state index contributed by atoms with van der Waals surface area (Å²) < 4.78 is 5.40. The summed E-state index contributed by atoms with van der Waals surface area (Å²) in [6, 6.07) is 0. The van der Waals surface area contributed by atoms with Crippen LogP contribution in [0.15, 0.2) is 12.4 Å². The number of hydrogen-bond donors (Lipinski definition) is 2. The van der Waals surface area contributed by atoms with Crippen LogP contribution in [0.5, 0.6) is 5.88 Å². The van der Waals surface area contributed by atoms with Crippen molar-refractivity contribution in [3.8, 4) is 5.88 Å². The van der Waals surface area contributed by atoms with Crippen molar-refractivity contribution in [1.82, 2.24) is 9.97 Å². The van der Waals surface area contributed by atoms with Crippen LogP contribution in [0.4, 0.5) is 5.82 Å². The number of nitrogens with two attached hydrogens (primary N) is 1. The fraction of sp³-hybridized carbons (Fsp3) is 0.429. The summed E-state index contributed by atoms with van der Waals surface area (Å²) in [5.74, 6) is 6.21. The van der Waals surface area contributed by atoms with Gasteiger partial charge in [0.05, 0.1) is 12.4 Å². The Morgan fingerprint density at radius 3 is 3.00 bits per heavy atom. The van der Waals surface area contributed by atoms with E-state index in [0.29, 0.717) is 17.8 Å². The molecule has 0 radical (unpaired) electrons. The van der Waals surface area contributed by atoms with Gasteiger partial charge in [0.15, 0.2) is 5.82 Å². The van der Waals surface area contributed by atoms with Crippen LogP contribution in [0.2, 0.25) is 0 Å². The van der Waals surface area contributed by atoms with E-state index < -0.39 is 0 Å². The molecule has 0 spiro atoms. The van der Waals surface area contributed by atoms with Gasteiger partial charge < -0.3 is 10.2 Å². The Labute approximate surface area is 69.9 Å². The number of nitrogens with one attached hydrogen (secondary N) is 1. The molecule has 1 saturated carbocycles. The van der Waals surface area contributed by atoms with Crippen molar-refractivity contribution < 1.29 is 4.74 Å². The van der Waals surface area contributed by atoms with E-state index in [2.05, 4.69) is 15.4 Å². The predicted molar refractivity (Wildman–Crippen MR) is 43.5 cm³/mol. The number of aromatic nitrogens is 2. The van der Waals surface area contributed by atoms with Crippen LogP contribution in [0.3, 0.4) is 0 Å². The zero-order valence-electron chi connectivity index (χ0n) is 6.53. The number of anilines is 1.